The van der Waals surface area contributed by atoms with Crippen LogP contribution in [-0.2, 0) is 0 Å². The first-order valence-corrected chi connectivity index (χ1v) is 9.24. The molecular weight excluding hydrogens is 319 g/mol. The van der Waals surface area contributed by atoms with Gasteiger partial charge in [0, 0.05) is 52.4 Å². The zero-order valence-electron chi connectivity index (χ0n) is 15.1. The summed E-state index contributed by atoms with van der Waals surface area (Å²) in [5, 5.41) is 6.28. The van der Waals surface area contributed by atoms with E-state index in [-0.39, 0.29) is 11.5 Å². The molecule has 2 heterocycles. The smallest absolute Gasteiger partial charge is 0.254 e. The number of rotatable bonds is 6. The van der Waals surface area contributed by atoms with E-state index in [1.165, 1.54) is 18.6 Å². The highest BCUT2D eigenvalue weighted by Gasteiger charge is 2.31. The quantitative estimate of drug-likeness (QED) is 0.810. The summed E-state index contributed by atoms with van der Waals surface area (Å²) in [5.74, 6) is -0.804. The number of nitrogens with one attached hydrogen (secondary N) is 2. The van der Waals surface area contributed by atoms with Gasteiger partial charge in [0.05, 0.1) is 5.56 Å². The van der Waals surface area contributed by atoms with Gasteiger partial charge >= 0.3 is 0 Å². The minimum absolute atomic E-state index is 0.116. The number of benzene rings is 1. The van der Waals surface area contributed by atoms with Crippen LogP contribution in [0.15, 0.2) is 24.3 Å². The van der Waals surface area contributed by atoms with Crippen molar-refractivity contribution in [3.8, 4) is 0 Å². The van der Waals surface area contributed by atoms with Gasteiger partial charge in [0.1, 0.15) is 5.82 Å². The van der Waals surface area contributed by atoms with E-state index in [2.05, 4.69) is 27.4 Å². The minimum Gasteiger partial charge on any atom is -0.351 e. The minimum atomic E-state index is -0.469. The summed E-state index contributed by atoms with van der Waals surface area (Å²) in [4.78, 5) is 16.9. The Bertz CT molecular complexity index is 581. The molecule has 1 aromatic rings. The van der Waals surface area contributed by atoms with Crippen molar-refractivity contribution in [1.82, 2.24) is 20.4 Å². The van der Waals surface area contributed by atoms with Gasteiger partial charge in [-0.25, -0.2) is 4.39 Å². The Hall–Kier alpha value is -1.50. The van der Waals surface area contributed by atoms with Crippen molar-refractivity contribution in [2.75, 3.05) is 58.9 Å². The number of hydrogen-bond acceptors (Lipinski definition) is 4. The van der Waals surface area contributed by atoms with E-state index >= 15 is 0 Å². The van der Waals surface area contributed by atoms with Crippen LogP contribution in [0.4, 0.5) is 4.39 Å². The number of carbonyl (C=O) groups is 1. The van der Waals surface area contributed by atoms with Crippen LogP contribution in [0.2, 0.25) is 0 Å². The van der Waals surface area contributed by atoms with Gasteiger partial charge in [-0.2, -0.15) is 0 Å². The third kappa shape index (κ3) is 5.00. The predicted octanol–water partition coefficient (Wildman–Crippen LogP) is 1.17. The average molecular weight is 348 g/mol. The topological polar surface area (TPSA) is 47.6 Å². The second-order valence-electron chi connectivity index (χ2n) is 7.59. The molecule has 2 aliphatic heterocycles. The monoisotopic (exact) mass is 348 g/mol. The van der Waals surface area contributed by atoms with Gasteiger partial charge in [0.15, 0.2) is 0 Å². The maximum atomic E-state index is 13.6. The van der Waals surface area contributed by atoms with Gasteiger partial charge in [0.25, 0.3) is 5.91 Å². The third-order valence-electron chi connectivity index (χ3n) is 5.36. The first-order valence-electron chi connectivity index (χ1n) is 9.24. The van der Waals surface area contributed by atoms with Crippen molar-refractivity contribution in [3.63, 3.8) is 0 Å². The molecule has 3 rings (SSSR count). The second kappa shape index (κ2) is 8.25. The number of halogens is 1. The third-order valence-corrected chi connectivity index (χ3v) is 5.36. The van der Waals surface area contributed by atoms with Crippen molar-refractivity contribution in [3.05, 3.63) is 35.6 Å². The van der Waals surface area contributed by atoms with Crippen molar-refractivity contribution in [2.45, 2.75) is 13.3 Å². The Morgan fingerprint density at radius 1 is 1.24 bits per heavy atom. The van der Waals surface area contributed by atoms with Gasteiger partial charge < -0.3 is 15.5 Å². The summed E-state index contributed by atoms with van der Waals surface area (Å²) in [5.41, 5.74) is 0.529. The largest absolute Gasteiger partial charge is 0.351 e. The molecule has 1 amide bonds. The Balaban J connectivity index is 1.35. The fourth-order valence-electron chi connectivity index (χ4n) is 3.78. The fourth-order valence-corrected chi connectivity index (χ4v) is 3.78. The zero-order valence-corrected chi connectivity index (χ0v) is 15.1. The lowest BCUT2D eigenvalue weighted by atomic mass is 9.89. The number of amides is 1. The SMILES string of the molecule is CC1(CN2CCN(CCNC(=O)c3ccccc3F)CC2)CCNC1. The summed E-state index contributed by atoms with van der Waals surface area (Å²) in [6.45, 7) is 11.4. The zero-order chi connectivity index (χ0) is 17.7. The van der Waals surface area contributed by atoms with Crippen molar-refractivity contribution >= 4 is 5.91 Å². The standard InChI is InChI=1S/C19H29FN4O/c1-19(6-7-21-14-19)15-24-12-10-23(11-13-24)9-8-22-18(25)16-4-2-3-5-17(16)20/h2-5,21H,6-15H2,1H3,(H,22,25). The molecule has 1 atom stereocenters. The van der Waals surface area contributed by atoms with Crippen LogP contribution < -0.4 is 10.6 Å². The van der Waals surface area contributed by atoms with Crippen LogP contribution in [-0.4, -0.2) is 74.6 Å². The van der Waals surface area contributed by atoms with E-state index < -0.39 is 5.82 Å². The first-order chi connectivity index (χ1) is 12.1. The lowest BCUT2D eigenvalue weighted by molar-refractivity contribution is 0.0892. The molecule has 0 bridgehead atoms. The molecule has 138 valence electrons. The molecule has 2 saturated heterocycles. The van der Waals surface area contributed by atoms with Crippen LogP contribution in [0, 0.1) is 11.2 Å². The molecule has 0 saturated carbocycles. The molecule has 0 aromatic heterocycles. The molecule has 0 spiro atoms. The summed E-state index contributed by atoms with van der Waals surface area (Å²) < 4.78 is 13.6. The van der Waals surface area contributed by atoms with E-state index in [4.69, 9.17) is 0 Å². The number of carbonyl (C=O) groups excluding carboxylic acids is 1. The molecule has 5 nitrogen and oxygen atoms in total. The van der Waals surface area contributed by atoms with Gasteiger partial charge in [-0.1, -0.05) is 19.1 Å². The Kier molecular flexibility index (Phi) is 6.04. The summed E-state index contributed by atoms with van der Waals surface area (Å²) in [7, 11) is 0. The summed E-state index contributed by atoms with van der Waals surface area (Å²) in [6, 6.07) is 6.10. The Labute approximate surface area is 149 Å². The predicted molar refractivity (Wildman–Crippen MR) is 97.2 cm³/mol. The number of piperazine rings is 1. The van der Waals surface area contributed by atoms with Crippen molar-refractivity contribution in [1.29, 1.82) is 0 Å². The highest BCUT2D eigenvalue weighted by molar-refractivity contribution is 5.94. The average Bonchev–Trinajstić information content (AvgIpc) is 3.03. The van der Waals surface area contributed by atoms with Crippen LogP contribution in [0.25, 0.3) is 0 Å². The Morgan fingerprint density at radius 3 is 2.64 bits per heavy atom. The van der Waals surface area contributed by atoms with Crippen LogP contribution >= 0.6 is 0 Å². The molecular formula is C19H29FN4O. The van der Waals surface area contributed by atoms with E-state index in [1.807, 2.05) is 0 Å². The maximum Gasteiger partial charge on any atom is 0.254 e. The van der Waals surface area contributed by atoms with E-state index in [0.29, 0.717) is 12.0 Å². The molecule has 6 heteroatoms. The van der Waals surface area contributed by atoms with Crippen LogP contribution in [0.1, 0.15) is 23.7 Å². The highest BCUT2D eigenvalue weighted by atomic mass is 19.1. The van der Waals surface area contributed by atoms with Crippen LogP contribution in [0.5, 0.6) is 0 Å². The molecule has 25 heavy (non-hydrogen) atoms. The van der Waals surface area contributed by atoms with Crippen molar-refractivity contribution in [2.24, 2.45) is 5.41 Å². The van der Waals surface area contributed by atoms with E-state index in [1.54, 1.807) is 12.1 Å². The van der Waals surface area contributed by atoms with Gasteiger partial charge in [-0.15, -0.1) is 0 Å². The molecule has 1 unspecified atom stereocenters. The van der Waals surface area contributed by atoms with Crippen molar-refractivity contribution < 1.29 is 9.18 Å². The fraction of sp³-hybridized carbons (Fsp3) is 0.632. The van der Waals surface area contributed by atoms with E-state index in [0.717, 1.165) is 52.4 Å². The second-order valence-corrected chi connectivity index (χ2v) is 7.59. The molecule has 0 aliphatic carbocycles. The Morgan fingerprint density at radius 2 is 1.96 bits per heavy atom. The maximum absolute atomic E-state index is 13.6. The normalized spacial score (nSPS) is 25.2. The summed E-state index contributed by atoms with van der Waals surface area (Å²) >= 11 is 0. The first kappa shape index (κ1) is 18.3. The van der Waals surface area contributed by atoms with Gasteiger partial charge in [-0.05, 0) is 30.5 Å². The lowest BCUT2D eigenvalue weighted by Gasteiger charge is -2.38. The molecule has 2 fully saturated rings. The number of nitrogens with zero attached hydrogens (tertiary/aromatic N) is 2. The highest BCUT2D eigenvalue weighted by Crippen LogP contribution is 2.26. The lowest BCUT2D eigenvalue weighted by Crippen LogP contribution is -2.51. The molecule has 0 radical (unpaired) electrons. The van der Waals surface area contributed by atoms with E-state index in [9.17, 15) is 9.18 Å². The summed E-state index contributed by atoms with van der Waals surface area (Å²) in [6.07, 6.45) is 1.26. The molecule has 2 aliphatic rings. The van der Waals surface area contributed by atoms with Gasteiger partial charge in [-0.3, -0.25) is 9.69 Å². The molecule has 2 N–H and O–H groups in total. The number of hydrogen-bond donors (Lipinski definition) is 2. The molecule has 1 aromatic carbocycles. The van der Waals surface area contributed by atoms with Crippen LogP contribution in [0.3, 0.4) is 0 Å². The van der Waals surface area contributed by atoms with Gasteiger partial charge in [0.2, 0.25) is 0 Å².